The Balaban J connectivity index is 2.25. The lowest BCUT2D eigenvalue weighted by Crippen LogP contribution is -2.21. The van der Waals surface area contributed by atoms with E-state index < -0.39 is 8.07 Å². The first-order chi connectivity index (χ1) is 8.38. The van der Waals surface area contributed by atoms with E-state index in [2.05, 4.69) is 19.6 Å². The summed E-state index contributed by atoms with van der Waals surface area (Å²) in [6.45, 7) is 7.76. The van der Waals surface area contributed by atoms with Crippen LogP contribution in [0.4, 0.5) is 5.69 Å². The van der Waals surface area contributed by atoms with E-state index in [1.165, 1.54) is 12.1 Å². The third-order valence-electron chi connectivity index (χ3n) is 2.35. The Morgan fingerprint density at radius 3 is 2.39 bits per heavy atom. The van der Waals surface area contributed by atoms with Crippen molar-refractivity contribution in [3.63, 3.8) is 0 Å². The summed E-state index contributed by atoms with van der Waals surface area (Å²) in [7, 11) is -1.02. The highest BCUT2D eigenvalue weighted by atomic mass is 32.2. The van der Waals surface area contributed by atoms with Gasteiger partial charge in [0, 0.05) is 31.7 Å². The van der Waals surface area contributed by atoms with Crippen molar-refractivity contribution >= 4 is 25.5 Å². The fraction of sp³-hybridized carbons (Fsp3) is 0.500. The molecule has 0 heterocycles. The van der Waals surface area contributed by atoms with E-state index in [9.17, 15) is 10.1 Å². The zero-order chi connectivity index (χ0) is 13.6. The molecule has 0 N–H and O–H groups in total. The van der Waals surface area contributed by atoms with E-state index in [4.69, 9.17) is 4.74 Å². The van der Waals surface area contributed by atoms with E-state index in [-0.39, 0.29) is 10.6 Å². The maximum atomic E-state index is 10.5. The fourth-order valence-corrected chi connectivity index (χ4v) is 2.63. The van der Waals surface area contributed by atoms with Gasteiger partial charge >= 0.3 is 0 Å². The number of rotatable bonds is 7. The number of nitro groups is 1. The van der Waals surface area contributed by atoms with Crippen molar-refractivity contribution in [2.75, 3.05) is 12.5 Å². The molecule has 0 unspecified atom stereocenters. The lowest BCUT2D eigenvalue weighted by atomic mass is 10.3. The summed E-state index contributed by atoms with van der Waals surface area (Å²) in [5, 5.41) is 10.5. The van der Waals surface area contributed by atoms with E-state index >= 15 is 0 Å². The van der Waals surface area contributed by atoms with E-state index in [0.717, 1.165) is 17.5 Å². The Morgan fingerprint density at radius 2 is 1.89 bits per heavy atom. The number of nitrogens with zero attached hydrogens (tertiary/aromatic N) is 1. The maximum absolute atomic E-state index is 10.5. The molecule has 0 saturated carbocycles. The van der Waals surface area contributed by atoms with E-state index in [1.54, 1.807) is 23.9 Å². The maximum Gasteiger partial charge on any atom is 0.269 e. The van der Waals surface area contributed by atoms with Gasteiger partial charge in [-0.2, -0.15) is 0 Å². The normalized spacial score (nSPS) is 11.5. The van der Waals surface area contributed by atoms with Gasteiger partial charge in [0.05, 0.1) is 10.9 Å². The highest BCUT2D eigenvalue weighted by Gasteiger charge is 2.11. The number of nitro benzene ring substituents is 1. The molecule has 0 saturated heterocycles. The van der Waals surface area contributed by atoms with Crippen LogP contribution in [0.15, 0.2) is 29.2 Å². The molecule has 0 amide bonds. The average Bonchev–Trinajstić information content (AvgIpc) is 2.27. The van der Waals surface area contributed by atoms with Crippen LogP contribution < -0.4 is 0 Å². The molecule has 0 aliphatic rings. The van der Waals surface area contributed by atoms with Crippen LogP contribution in [-0.4, -0.2) is 25.5 Å². The molecule has 100 valence electrons. The second-order valence-corrected chi connectivity index (χ2v) is 11.8. The van der Waals surface area contributed by atoms with Gasteiger partial charge in [-0.3, -0.25) is 10.1 Å². The van der Waals surface area contributed by atoms with Crippen molar-refractivity contribution < 1.29 is 9.66 Å². The van der Waals surface area contributed by atoms with Crippen LogP contribution in [0.5, 0.6) is 0 Å². The molecular weight excluding hydrogens is 266 g/mol. The van der Waals surface area contributed by atoms with Gasteiger partial charge in [0.25, 0.3) is 5.69 Å². The van der Waals surface area contributed by atoms with Gasteiger partial charge in [-0.25, -0.2) is 0 Å². The smallest absolute Gasteiger partial charge is 0.269 e. The number of hydrogen-bond acceptors (Lipinski definition) is 4. The molecule has 4 nitrogen and oxygen atoms in total. The second-order valence-electron chi connectivity index (χ2n) is 5.23. The summed E-state index contributed by atoms with van der Waals surface area (Å²) >= 11 is 1.56. The standard InChI is InChI=1S/C12H19NO3SSi/c1-18(2,3)9-8-16-10-17-12-6-4-11(5-7-12)13(14)15/h4-7H,8-10H2,1-3H3. The minimum absolute atomic E-state index is 0.124. The summed E-state index contributed by atoms with van der Waals surface area (Å²) < 4.78 is 5.56. The molecule has 18 heavy (non-hydrogen) atoms. The Morgan fingerprint density at radius 1 is 1.28 bits per heavy atom. The third kappa shape index (κ3) is 6.18. The number of ether oxygens (including phenoxy) is 1. The summed E-state index contributed by atoms with van der Waals surface area (Å²) in [5.41, 5.74) is 0.124. The van der Waals surface area contributed by atoms with Crippen LogP contribution in [0.3, 0.4) is 0 Å². The van der Waals surface area contributed by atoms with Gasteiger partial charge in [0.2, 0.25) is 0 Å². The first-order valence-corrected chi connectivity index (χ1v) is 10.5. The predicted molar refractivity (Wildman–Crippen MR) is 77.9 cm³/mol. The highest BCUT2D eigenvalue weighted by Crippen LogP contribution is 2.21. The lowest BCUT2D eigenvalue weighted by Gasteiger charge is -2.15. The third-order valence-corrected chi connectivity index (χ3v) is 4.95. The van der Waals surface area contributed by atoms with Crippen molar-refractivity contribution in [2.45, 2.75) is 30.6 Å². The van der Waals surface area contributed by atoms with Crippen LogP contribution in [0.2, 0.25) is 25.7 Å². The van der Waals surface area contributed by atoms with Gasteiger partial charge in [0.1, 0.15) is 0 Å². The van der Waals surface area contributed by atoms with Crippen LogP contribution in [0.25, 0.3) is 0 Å². The summed E-state index contributed by atoms with van der Waals surface area (Å²) in [4.78, 5) is 11.1. The zero-order valence-corrected chi connectivity index (χ0v) is 12.8. The van der Waals surface area contributed by atoms with Crippen LogP contribution >= 0.6 is 11.8 Å². The summed E-state index contributed by atoms with van der Waals surface area (Å²) in [5.74, 6) is 0.599. The minimum Gasteiger partial charge on any atom is -0.371 e. The molecule has 0 atom stereocenters. The molecule has 0 spiro atoms. The fourth-order valence-electron chi connectivity index (χ4n) is 1.21. The number of hydrogen-bond donors (Lipinski definition) is 0. The van der Waals surface area contributed by atoms with Gasteiger partial charge in [-0.15, -0.1) is 0 Å². The molecule has 0 aliphatic carbocycles. The molecule has 0 aromatic heterocycles. The molecular formula is C12H19NO3SSi. The van der Waals surface area contributed by atoms with Gasteiger partial charge in [0.15, 0.2) is 0 Å². The molecule has 0 radical (unpaired) electrons. The highest BCUT2D eigenvalue weighted by molar-refractivity contribution is 7.99. The largest absolute Gasteiger partial charge is 0.371 e. The number of benzene rings is 1. The summed E-state index contributed by atoms with van der Waals surface area (Å²) in [6, 6.07) is 7.71. The Bertz CT molecular complexity index is 389. The molecule has 1 aromatic carbocycles. The molecule has 1 aromatic rings. The molecule has 0 aliphatic heterocycles. The Labute approximate surface area is 113 Å². The average molecular weight is 285 g/mol. The number of thioether (sulfide) groups is 1. The van der Waals surface area contributed by atoms with Crippen molar-refractivity contribution in [2.24, 2.45) is 0 Å². The molecule has 6 heteroatoms. The van der Waals surface area contributed by atoms with E-state index in [1.807, 2.05) is 0 Å². The number of non-ortho nitro benzene ring substituents is 1. The second kappa shape index (κ2) is 6.91. The van der Waals surface area contributed by atoms with Gasteiger partial charge in [-0.05, 0) is 18.2 Å². The van der Waals surface area contributed by atoms with Crippen molar-refractivity contribution in [3.8, 4) is 0 Å². The van der Waals surface area contributed by atoms with Crippen LogP contribution in [0.1, 0.15) is 0 Å². The Hall–Kier alpha value is -0.853. The monoisotopic (exact) mass is 285 g/mol. The van der Waals surface area contributed by atoms with Gasteiger partial charge in [-0.1, -0.05) is 31.4 Å². The van der Waals surface area contributed by atoms with Crippen LogP contribution in [-0.2, 0) is 4.74 Å². The topological polar surface area (TPSA) is 52.4 Å². The molecule has 1 rings (SSSR count). The minimum atomic E-state index is -1.02. The lowest BCUT2D eigenvalue weighted by molar-refractivity contribution is -0.384. The van der Waals surface area contributed by atoms with Gasteiger partial charge < -0.3 is 4.74 Å². The Kier molecular flexibility index (Phi) is 5.84. The summed E-state index contributed by atoms with van der Waals surface area (Å²) in [6.07, 6.45) is 0. The van der Waals surface area contributed by atoms with E-state index in [0.29, 0.717) is 5.94 Å². The predicted octanol–water partition coefficient (Wildman–Crippen LogP) is 4.00. The van der Waals surface area contributed by atoms with Crippen LogP contribution in [0, 0.1) is 10.1 Å². The first-order valence-electron chi connectivity index (χ1n) is 5.83. The van der Waals surface area contributed by atoms with Crippen molar-refractivity contribution in [1.29, 1.82) is 0 Å². The SMILES string of the molecule is C[Si](C)(C)CCOCSc1ccc([N+](=O)[O-])cc1. The quantitative estimate of drug-likeness (QED) is 0.190. The molecule has 0 bridgehead atoms. The van der Waals surface area contributed by atoms with Crippen molar-refractivity contribution in [1.82, 2.24) is 0 Å². The molecule has 0 fully saturated rings. The first kappa shape index (κ1) is 15.2. The zero-order valence-electron chi connectivity index (χ0n) is 11.0. The van der Waals surface area contributed by atoms with Crippen molar-refractivity contribution in [3.05, 3.63) is 34.4 Å².